The molecule has 4 saturated carbocycles. The first-order valence-corrected chi connectivity index (χ1v) is 21.0. The average Bonchev–Trinajstić information content (AvgIpc) is 3.51. The lowest BCUT2D eigenvalue weighted by molar-refractivity contribution is -0.383. The zero-order chi connectivity index (χ0) is 41.5. The van der Waals surface area contributed by atoms with Crippen LogP contribution in [0.15, 0.2) is 11.6 Å². The Labute approximate surface area is 331 Å². The second-order valence-corrected chi connectivity index (χ2v) is 20.3. The number of fused-ring (bicyclic) bond motifs is 5. The summed E-state index contributed by atoms with van der Waals surface area (Å²) in [5, 5.41) is 110. The minimum absolute atomic E-state index is 0.0169. The van der Waals surface area contributed by atoms with Gasteiger partial charge in [-0.25, -0.2) is 0 Å². The lowest BCUT2D eigenvalue weighted by atomic mass is 9.34. The van der Waals surface area contributed by atoms with Gasteiger partial charge in [0, 0.05) is 0 Å². The van der Waals surface area contributed by atoms with E-state index in [4.69, 9.17) is 18.9 Å². The number of aliphatic hydroxyl groups is 10. The van der Waals surface area contributed by atoms with Crippen molar-refractivity contribution in [1.29, 1.82) is 0 Å². The molecule has 14 heteroatoms. The van der Waals surface area contributed by atoms with Crippen molar-refractivity contribution in [3.05, 3.63) is 11.6 Å². The smallest absolute Gasteiger partial charge is 0.187 e. The van der Waals surface area contributed by atoms with E-state index in [0.29, 0.717) is 32.1 Å². The summed E-state index contributed by atoms with van der Waals surface area (Å²) in [6, 6.07) is 0. The lowest BCUT2D eigenvalue weighted by Gasteiger charge is -2.72. The molecule has 6 fully saturated rings. The number of hydrogen-bond donors (Lipinski definition) is 10. The van der Waals surface area contributed by atoms with Crippen LogP contribution in [0.3, 0.4) is 0 Å². The second-order valence-electron chi connectivity index (χ2n) is 20.3. The van der Waals surface area contributed by atoms with Crippen LogP contribution in [0.5, 0.6) is 0 Å². The Morgan fingerprint density at radius 2 is 1.38 bits per heavy atom. The topological polar surface area (TPSA) is 239 Å². The molecular weight excluding hydrogens is 728 g/mol. The molecule has 2 heterocycles. The highest BCUT2D eigenvalue weighted by molar-refractivity contribution is 5.22. The van der Waals surface area contributed by atoms with Crippen LogP contribution in [-0.2, 0) is 18.9 Å². The monoisotopic (exact) mass is 800 g/mol. The third-order valence-corrected chi connectivity index (χ3v) is 16.5. The summed E-state index contributed by atoms with van der Waals surface area (Å²) in [7, 11) is 0. The molecule has 0 radical (unpaired) electrons. The Kier molecular flexibility index (Phi) is 12.7. The fourth-order valence-corrected chi connectivity index (χ4v) is 13.4. The van der Waals surface area contributed by atoms with Crippen LogP contribution in [0.4, 0.5) is 0 Å². The fraction of sp³-hybridized carbons (Fsp3) is 0.952. The molecule has 0 amide bonds. The van der Waals surface area contributed by atoms with Gasteiger partial charge in [0.25, 0.3) is 0 Å². The quantitative estimate of drug-likeness (QED) is 0.110. The average molecular weight is 801 g/mol. The van der Waals surface area contributed by atoms with E-state index in [2.05, 4.69) is 26.8 Å². The number of hydrogen-bond acceptors (Lipinski definition) is 14. The van der Waals surface area contributed by atoms with Gasteiger partial charge in [-0.1, -0.05) is 46.3 Å². The van der Waals surface area contributed by atoms with Gasteiger partial charge >= 0.3 is 0 Å². The van der Waals surface area contributed by atoms with Gasteiger partial charge in [-0.3, -0.25) is 0 Å². The molecule has 56 heavy (non-hydrogen) atoms. The van der Waals surface area contributed by atoms with E-state index in [1.807, 2.05) is 34.6 Å². The molecule has 14 nitrogen and oxygen atoms in total. The third kappa shape index (κ3) is 7.16. The standard InChI is InChI=1S/C42H72O14/c1-20(2)10-9-13-42(8,52)21-11-15-40(6)28(21)22(45)16-26-39(5)14-12-27(46)38(3,4)35(39)23(17-41(26,40)7)53-37-34(32(50)30(48)25(19-44)55-37)56-36-33(51)31(49)29(47)24(18-43)54-36/h10,21-37,43-52H,9,11-19H2,1-8H3/t21-,22?,23-,24+,25+,26?,27-,28?,29+,30+,31-,32-,33+,34+,35-,36-,37+,39+,40+,41+,42-/m0/s1. The number of ether oxygens (including phenoxy) is 4. The molecule has 324 valence electrons. The molecule has 21 atom stereocenters. The Balaban J connectivity index is 1.38. The van der Waals surface area contributed by atoms with Gasteiger partial charge in [-0.15, -0.1) is 0 Å². The number of allylic oxidation sites excluding steroid dienone is 2. The summed E-state index contributed by atoms with van der Waals surface area (Å²) in [6.07, 6.45) is -10.6. The third-order valence-electron chi connectivity index (χ3n) is 16.5. The Bertz CT molecular complexity index is 1400. The summed E-state index contributed by atoms with van der Waals surface area (Å²) in [4.78, 5) is 0. The van der Waals surface area contributed by atoms with Crippen LogP contribution in [0.25, 0.3) is 0 Å². The normalized spacial score (nSPS) is 52.6. The molecule has 0 bridgehead atoms. The van der Waals surface area contributed by atoms with E-state index in [1.165, 1.54) is 5.57 Å². The Morgan fingerprint density at radius 3 is 1.98 bits per heavy atom. The summed E-state index contributed by atoms with van der Waals surface area (Å²) in [5.41, 5.74) is -1.85. The van der Waals surface area contributed by atoms with Gasteiger partial charge in [0.15, 0.2) is 12.6 Å². The molecular formula is C42H72O14. The van der Waals surface area contributed by atoms with Crippen LogP contribution >= 0.6 is 0 Å². The van der Waals surface area contributed by atoms with Crippen molar-refractivity contribution >= 4 is 0 Å². The first-order valence-electron chi connectivity index (χ1n) is 21.0. The van der Waals surface area contributed by atoms with Crippen LogP contribution in [0, 0.1) is 45.3 Å². The van der Waals surface area contributed by atoms with E-state index in [0.717, 1.165) is 19.3 Å². The van der Waals surface area contributed by atoms with Gasteiger partial charge in [0.1, 0.15) is 48.8 Å². The molecule has 4 aliphatic carbocycles. The fourth-order valence-electron chi connectivity index (χ4n) is 13.4. The van der Waals surface area contributed by atoms with Crippen molar-refractivity contribution in [3.8, 4) is 0 Å². The zero-order valence-corrected chi connectivity index (χ0v) is 34.6. The van der Waals surface area contributed by atoms with Gasteiger partial charge in [0.2, 0.25) is 0 Å². The van der Waals surface area contributed by atoms with Crippen molar-refractivity contribution in [2.24, 2.45) is 45.3 Å². The predicted molar refractivity (Wildman–Crippen MR) is 202 cm³/mol. The molecule has 0 spiro atoms. The molecule has 10 N–H and O–H groups in total. The maximum atomic E-state index is 12.3. The number of aliphatic hydroxyl groups excluding tert-OH is 9. The van der Waals surface area contributed by atoms with E-state index in [1.54, 1.807) is 0 Å². The highest BCUT2D eigenvalue weighted by atomic mass is 16.8. The predicted octanol–water partition coefficient (Wildman–Crippen LogP) is 1.12. The molecule has 2 aliphatic heterocycles. The van der Waals surface area contributed by atoms with Crippen LogP contribution in [0.2, 0.25) is 0 Å². The summed E-state index contributed by atoms with van der Waals surface area (Å²) >= 11 is 0. The van der Waals surface area contributed by atoms with Gasteiger partial charge in [-0.05, 0) is 117 Å². The molecule has 0 aromatic carbocycles. The first kappa shape index (κ1) is 44.7. The highest BCUT2D eigenvalue weighted by Crippen LogP contribution is 2.76. The van der Waals surface area contributed by atoms with Crippen molar-refractivity contribution in [1.82, 2.24) is 0 Å². The second kappa shape index (κ2) is 15.9. The van der Waals surface area contributed by atoms with E-state index < -0.39 is 120 Å². The molecule has 6 rings (SSSR count). The molecule has 0 aromatic heterocycles. The maximum absolute atomic E-state index is 12.3. The van der Waals surface area contributed by atoms with Crippen molar-refractivity contribution in [2.45, 2.75) is 192 Å². The van der Waals surface area contributed by atoms with Crippen LogP contribution < -0.4 is 0 Å². The van der Waals surface area contributed by atoms with Crippen LogP contribution in [-0.4, -0.2) is 150 Å². The van der Waals surface area contributed by atoms with E-state index in [-0.39, 0.29) is 23.7 Å². The minimum Gasteiger partial charge on any atom is -0.394 e. The minimum atomic E-state index is -1.81. The Hall–Kier alpha value is -0.820. The van der Waals surface area contributed by atoms with E-state index in [9.17, 15) is 51.1 Å². The van der Waals surface area contributed by atoms with Crippen molar-refractivity contribution < 1.29 is 70.0 Å². The number of rotatable bonds is 10. The van der Waals surface area contributed by atoms with E-state index >= 15 is 0 Å². The maximum Gasteiger partial charge on any atom is 0.187 e. The SMILES string of the molecule is CC(C)=CCC[C@](C)(O)[C@H]1CC[C@]2(C)C1C(O)CC1[C@@]3(C)CC[C@H](O)C(C)(C)[C@@H]3[C@@H](O[C@@H]3O[C@H](CO)[C@@H](O)[C@H](O)[C@H]3O[C@@H]3O[C@H](CO)[C@@H](O)[C@H](O)[C@H]3O)C[C@]12C. The van der Waals surface area contributed by atoms with Crippen molar-refractivity contribution in [2.75, 3.05) is 13.2 Å². The Morgan fingerprint density at radius 1 is 0.768 bits per heavy atom. The zero-order valence-electron chi connectivity index (χ0n) is 34.6. The summed E-state index contributed by atoms with van der Waals surface area (Å²) < 4.78 is 24.9. The van der Waals surface area contributed by atoms with Gasteiger partial charge in [-0.2, -0.15) is 0 Å². The van der Waals surface area contributed by atoms with Gasteiger partial charge in [0.05, 0.1) is 37.1 Å². The van der Waals surface area contributed by atoms with Crippen molar-refractivity contribution in [3.63, 3.8) is 0 Å². The molecule has 3 unspecified atom stereocenters. The lowest BCUT2D eigenvalue weighted by Crippen LogP contribution is -2.71. The largest absolute Gasteiger partial charge is 0.394 e. The molecule has 2 saturated heterocycles. The summed E-state index contributed by atoms with van der Waals surface area (Å²) in [5.74, 6) is -0.623. The van der Waals surface area contributed by atoms with Gasteiger partial charge < -0.3 is 70.0 Å². The highest BCUT2D eigenvalue weighted by Gasteiger charge is 2.73. The first-order chi connectivity index (χ1) is 26.0. The van der Waals surface area contributed by atoms with Crippen LogP contribution in [0.1, 0.15) is 107 Å². The summed E-state index contributed by atoms with van der Waals surface area (Å²) in [6.45, 7) is 15.5. The molecule has 6 aliphatic rings. The molecule has 0 aromatic rings.